The van der Waals surface area contributed by atoms with E-state index < -0.39 is 11.6 Å². The molecule has 1 aliphatic rings. The highest BCUT2D eigenvalue weighted by Gasteiger charge is 2.43. The first-order chi connectivity index (χ1) is 9.79. The molecule has 21 heavy (non-hydrogen) atoms. The van der Waals surface area contributed by atoms with Crippen molar-refractivity contribution in [2.24, 2.45) is 0 Å². The van der Waals surface area contributed by atoms with Gasteiger partial charge in [0, 0.05) is 24.0 Å². The first-order valence-corrected chi connectivity index (χ1v) is 7.47. The zero-order valence-electron chi connectivity index (χ0n) is 12.2. The third kappa shape index (κ3) is 3.57. The fourth-order valence-electron chi connectivity index (χ4n) is 2.01. The molecule has 2 N–H and O–H groups in total. The molecule has 0 saturated carbocycles. The molecule has 0 aliphatic carbocycles. The van der Waals surface area contributed by atoms with Crippen LogP contribution in [0.25, 0.3) is 0 Å². The average Bonchev–Trinajstić information content (AvgIpc) is 2.85. The molecule has 114 valence electrons. The third-order valence-electron chi connectivity index (χ3n) is 3.10. The monoisotopic (exact) mass is 310 g/mol. The predicted molar refractivity (Wildman–Crippen MR) is 79.0 cm³/mol. The van der Waals surface area contributed by atoms with E-state index in [1.54, 1.807) is 20.0 Å². The summed E-state index contributed by atoms with van der Waals surface area (Å²) >= 11 is 1.40. The number of aryl methyl sites for hydroxylation is 1. The fourth-order valence-corrected chi connectivity index (χ4v) is 2.69. The fraction of sp³-hybridized carbons (Fsp3) is 0.538. The lowest BCUT2D eigenvalue weighted by Gasteiger charge is -2.15. The number of carbonyl (C=O) groups excluding carboxylic acids is 3. The van der Waals surface area contributed by atoms with Gasteiger partial charge in [0.15, 0.2) is 5.13 Å². The molecule has 0 unspecified atom stereocenters. The summed E-state index contributed by atoms with van der Waals surface area (Å²) in [5, 5.41) is 5.86. The molecule has 4 amide bonds. The molecule has 1 aliphatic heterocycles. The minimum absolute atomic E-state index is 0.171. The number of hydrogen-bond acceptors (Lipinski definition) is 5. The Labute approximate surface area is 126 Å². The van der Waals surface area contributed by atoms with Crippen molar-refractivity contribution in [3.63, 3.8) is 0 Å². The Morgan fingerprint density at radius 1 is 1.48 bits per heavy atom. The number of amides is 4. The number of aromatic nitrogens is 1. The summed E-state index contributed by atoms with van der Waals surface area (Å²) < 4.78 is 0. The molecule has 0 bridgehead atoms. The minimum Gasteiger partial charge on any atom is -0.324 e. The van der Waals surface area contributed by atoms with Gasteiger partial charge in [-0.05, 0) is 27.2 Å². The predicted octanol–water partition coefficient (Wildman–Crippen LogP) is 1.50. The van der Waals surface area contributed by atoms with E-state index in [0.717, 1.165) is 9.78 Å². The highest BCUT2D eigenvalue weighted by Crippen LogP contribution is 2.18. The summed E-state index contributed by atoms with van der Waals surface area (Å²) in [6.45, 7) is 5.46. The number of carbonyl (C=O) groups is 3. The van der Waals surface area contributed by atoms with Crippen LogP contribution in [-0.2, 0) is 9.59 Å². The molecule has 1 fully saturated rings. The van der Waals surface area contributed by atoms with Gasteiger partial charge in [-0.1, -0.05) is 0 Å². The van der Waals surface area contributed by atoms with Crippen LogP contribution >= 0.6 is 11.3 Å². The van der Waals surface area contributed by atoms with Crippen LogP contribution < -0.4 is 10.6 Å². The van der Waals surface area contributed by atoms with Gasteiger partial charge >= 0.3 is 6.03 Å². The summed E-state index contributed by atoms with van der Waals surface area (Å²) in [7, 11) is 0. The molecule has 0 spiro atoms. The van der Waals surface area contributed by atoms with Crippen molar-refractivity contribution in [3.8, 4) is 0 Å². The zero-order valence-corrected chi connectivity index (χ0v) is 13.0. The highest BCUT2D eigenvalue weighted by molar-refractivity contribution is 7.15. The molecular weight excluding hydrogens is 292 g/mol. The second kappa shape index (κ2) is 5.80. The molecule has 7 nitrogen and oxygen atoms in total. The number of imide groups is 1. The number of hydrogen-bond donors (Lipinski definition) is 2. The lowest BCUT2D eigenvalue weighted by atomic mass is 10.1. The minimum atomic E-state index is -0.863. The first kappa shape index (κ1) is 15.4. The van der Waals surface area contributed by atoms with Crippen molar-refractivity contribution in [1.82, 2.24) is 15.2 Å². The number of thiazole rings is 1. The first-order valence-electron chi connectivity index (χ1n) is 6.66. The van der Waals surface area contributed by atoms with Gasteiger partial charge in [-0.3, -0.25) is 14.5 Å². The summed E-state index contributed by atoms with van der Waals surface area (Å²) in [6, 6.07) is -0.402. The Morgan fingerprint density at radius 2 is 2.19 bits per heavy atom. The van der Waals surface area contributed by atoms with Crippen LogP contribution in [0.4, 0.5) is 9.93 Å². The van der Waals surface area contributed by atoms with Crippen molar-refractivity contribution in [2.75, 3.05) is 11.9 Å². The molecule has 2 heterocycles. The Balaban J connectivity index is 1.78. The van der Waals surface area contributed by atoms with Gasteiger partial charge in [-0.25, -0.2) is 9.78 Å². The van der Waals surface area contributed by atoms with E-state index in [4.69, 9.17) is 0 Å². The maximum atomic E-state index is 11.9. The standard InChI is InChI=1S/C13H18N4O3S/c1-8-7-14-11(21-8)15-9(18)5-4-6-17-10(19)13(2,3)16-12(17)20/h7H,4-6H2,1-3H3,(H,16,20)(H,14,15,18). The van der Waals surface area contributed by atoms with Crippen molar-refractivity contribution in [2.45, 2.75) is 39.2 Å². The van der Waals surface area contributed by atoms with E-state index >= 15 is 0 Å². The van der Waals surface area contributed by atoms with Crippen LogP contribution in [0.3, 0.4) is 0 Å². The highest BCUT2D eigenvalue weighted by atomic mass is 32.1. The number of nitrogens with zero attached hydrogens (tertiary/aromatic N) is 2. The Hall–Kier alpha value is -1.96. The van der Waals surface area contributed by atoms with Crippen LogP contribution in [0.15, 0.2) is 6.20 Å². The van der Waals surface area contributed by atoms with E-state index in [1.807, 2.05) is 6.92 Å². The maximum absolute atomic E-state index is 11.9. The Kier molecular flexibility index (Phi) is 4.26. The topological polar surface area (TPSA) is 91.4 Å². The normalized spacial score (nSPS) is 17.0. The lowest BCUT2D eigenvalue weighted by molar-refractivity contribution is -0.130. The summed E-state index contributed by atoms with van der Waals surface area (Å²) in [5.74, 6) is -0.431. The molecule has 0 radical (unpaired) electrons. The van der Waals surface area contributed by atoms with Gasteiger partial charge in [-0.2, -0.15) is 0 Å². The quantitative estimate of drug-likeness (QED) is 0.806. The van der Waals surface area contributed by atoms with Crippen LogP contribution in [0.5, 0.6) is 0 Å². The number of rotatable bonds is 5. The molecule has 8 heteroatoms. The molecule has 1 aromatic heterocycles. The van der Waals surface area contributed by atoms with Crippen LogP contribution in [-0.4, -0.2) is 39.8 Å². The third-order valence-corrected chi connectivity index (χ3v) is 3.93. The van der Waals surface area contributed by atoms with E-state index in [-0.39, 0.29) is 24.8 Å². The van der Waals surface area contributed by atoms with Gasteiger partial charge in [-0.15, -0.1) is 11.3 Å². The van der Waals surface area contributed by atoms with Crippen molar-refractivity contribution in [1.29, 1.82) is 0 Å². The van der Waals surface area contributed by atoms with Gasteiger partial charge in [0.25, 0.3) is 5.91 Å². The molecule has 0 atom stereocenters. The van der Waals surface area contributed by atoms with Gasteiger partial charge in [0.2, 0.25) is 5.91 Å². The second-order valence-corrected chi connectivity index (χ2v) is 6.67. The van der Waals surface area contributed by atoms with E-state index in [2.05, 4.69) is 15.6 Å². The molecular formula is C13H18N4O3S. The van der Waals surface area contributed by atoms with Crippen molar-refractivity contribution in [3.05, 3.63) is 11.1 Å². The van der Waals surface area contributed by atoms with Gasteiger partial charge in [0.05, 0.1) is 0 Å². The maximum Gasteiger partial charge on any atom is 0.325 e. The number of urea groups is 1. The van der Waals surface area contributed by atoms with Crippen LogP contribution in [0, 0.1) is 6.92 Å². The largest absolute Gasteiger partial charge is 0.325 e. The molecule has 1 saturated heterocycles. The van der Waals surface area contributed by atoms with Gasteiger partial charge < -0.3 is 10.6 Å². The number of anilines is 1. The van der Waals surface area contributed by atoms with Gasteiger partial charge in [0.1, 0.15) is 5.54 Å². The zero-order chi connectivity index (χ0) is 15.6. The van der Waals surface area contributed by atoms with Crippen LogP contribution in [0.2, 0.25) is 0 Å². The molecule has 1 aromatic rings. The Morgan fingerprint density at radius 3 is 2.71 bits per heavy atom. The Bertz CT molecular complexity index is 582. The van der Waals surface area contributed by atoms with Crippen LogP contribution in [0.1, 0.15) is 31.6 Å². The molecule has 2 rings (SSSR count). The SMILES string of the molecule is Cc1cnc(NC(=O)CCCN2C(=O)NC(C)(C)C2=O)s1. The second-order valence-electron chi connectivity index (χ2n) is 5.44. The van der Waals surface area contributed by atoms with Crippen molar-refractivity contribution >= 4 is 34.3 Å². The summed E-state index contributed by atoms with van der Waals surface area (Å²) in [4.78, 5) is 41.5. The van der Waals surface area contributed by atoms with E-state index in [0.29, 0.717) is 11.6 Å². The number of nitrogens with one attached hydrogen (secondary N) is 2. The lowest BCUT2D eigenvalue weighted by Crippen LogP contribution is -2.40. The summed E-state index contributed by atoms with van der Waals surface area (Å²) in [6.07, 6.45) is 2.34. The van der Waals surface area contributed by atoms with Crippen molar-refractivity contribution < 1.29 is 14.4 Å². The molecule has 0 aromatic carbocycles. The van der Waals surface area contributed by atoms with E-state index in [1.165, 1.54) is 11.3 Å². The summed E-state index contributed by atoms with van der Waals surface area (Å²) in [5.41, 5.74) is -0.863. The van der Waals surface area contributed by atoms with E-state index in [9.17, 15) is 14.4 Å². The average molecular weight is 310 g/mol. The smallest absolute Gasteiger partial charge is 0.324 e.